The lowest BCUT2D eigenvalue weighted by molar-refractivity contribution is 0.0985. The largest absolute Gasteiger partial charge is 0.490 e. The molecular formula is C24H23BClN7O4. The number of amides is 3. The third kappa shape index (κ3) is 5.43. The molecule has 1 saturated heterocycles. The Labute approximate surface area is 217 Å². The summed E-state index contributed by atoms with van der Waals surface area (Å²) in [7, 11) is 1.56. The number of carbonyl (C=O) groups excluding carboxylic acids is 3. The topological polar surface area (TPSA) is 145 Å². The minimum Gasteiger partial charge on any atom is -0.490 e. The highest BCUT2D eigenvalue weighted by atomic mass is 35.5. The number of para-hydroxylation sites is 2. The van der Waals surface area contributed by atoms with Gasteiger partial charge in [0.05, 0.1) is 28.1 Å². The van der Waals surface area contributed by atoms with Gasteiger partial charge in [-0.15, -0.1) is 0 Å². The molecular weight excluding hydrogens is 497 g/mol. The highest BCUT2D eigenvalue weighted by Gasteiger charge is 2.24. The summed E-state index contributed by atoms with van der Waals surface area (Å²) in [5.74, 6) is -0.313. The number of benzene rings is 2. The number of nitrogens with zero attached hydrogens (tertiary/aromatic N) is 3. The number of piperidine rings is 1. The third-order valence-electron chi connectivity index (χ3n) is 6.08. The Kier molecular flexibility index (Phi) is 6.82. The average molecular weight is 520 g/mol. The number of fused-ring (bicyclic) bond motifs is 1. The number of H-pyrrole nitrogens is 2. The first-order valence-electron chi connectivity index (χ1n) is 11.7. The normalized spacial score (nSPS) is 13.9. The van der Waals surface area contributed by atoms with Crippen LogP contribution >= 0.6 is 11.6 Å². The second-order valence-electron chi connectivity index (χ2n) is 8.60. The number of nitrogens with one attached hydrogen (secondary N) is 4. The summed E-state index contributed by atoms with van der Waals surface area (Å²) in [6.45, 7) is 1.30. The van der Waals surface area contributed by atoms with Crippen molar-refractivity contribution in [3.8, 4) is 5.75 Å². The van der Waals surface area contributed by atoms with E-state index < -0.39 is 11.8 Å². The lowest BCUT2D eigenvalue weighted by Gasteiger charge is -2.31. The molecule has 11 nitrogen and oxygen atoms in total. The standard InChI is InChI=1S/C24H23BClN7O4/c25-23(36)33-9-7-13(8-10-33)37-14-5-6-16(15(26)11-14)29-21(34)19-20(28-12-27-19)22(35)32-24-30-17-3-1-2-4-18(17)31-24/h1-6,11-13H,7-10,25H2,(H,27,28)(H,29,34)(H2,30,31,32,35). The first-order chi connectivity index (χ1) is 17.9. The van der Waals surface area contributed by atoms with Crippen molar-refractivity contribution in [2.24, 2.45) is 0 Å². The van der Waals surface area contributed by atoms with Gasteiger partial charge in [0.15, 0.2) is 11.5 Å². The van der Waals surface area contributed by atoms with Crippen molar-refractivity contribution in [3.63, 3.8) is 0 Å². The van der Waals surface area contributed by atoms with E-state index in [0.29, 0.717) is 30.0 Å². The van der Waals surface area contributed by atoms with Crippen LogP contribution in [0.5, 0.6) is 5.75 Å². The molecule has 4 aromatic rings. The molecule has 2 aromatic carbocycles. The van der Waals surface area contributed by atoms with Crippen molar-refractivity contribution in [2.75, 3.05) is 23.7 Å². The van der Waals surface area contributed by atoms with Crippen molar-refractivity contribution in [1.29, 1.82) is 0 Å². The fourth-order valence-electron chi connectivity index (χ4n) is 4.15. The van der Waals surface area contributed by atoms with Gasteiger partial charge in [0.1, 0.15) is 17.5 Å². The van der Waals surface area contributed by atoms with E-state index >= 15 is 0 Å². The molecule has 0 radical (unpaired) electrons. The molecule has 0 atom stereocenters. The van der Waals surface area contributed by atoms with Crippen LogP contribution in [0.4, 0.5) is 16.4 Å². The van der Waals surface area contributed by atoms with Gasteiger partial charge in [-0.2, -0.15) is 0 Å². The van der Waals surface area contributed by atoms with Crippen LogP contribution in [0.2, 0.25) is 5.02 Å². The molecule has 1 aliphatic heterocycles. The predicted octanol–water partition coefficient (Wildman–Crippen LogP) is 3.04. The van der Waals surface area contributed by atoms with Crippen molar-refractivity contribution in [3.05, 3.63) is 65.2 Å². The Hall–Kier alpha value is -4.32. The summed E-state index contributed by atoms with van der Waals surface area (Å²) in [5.41, 5.74) is 1.69. The molecule has 1 aliphatic rings. The first kappa shape index (κ1) is 24.4. The third-order valence-corrected chi connectivity index (χ3v) is 6.39. The van der Waals surface area contributed by atoms with Crippen molar-refractivity contribution < 1.29 is 19.1 Å². The zero-order valence-corrected chi connectivity index (χ0v) is 20.6. The van der Waals surface area contributed by atoms with Crippen LogP contribution in [0, 0.1) is 0 Å². The Balaban J connectivity index is 1.22. The van der Waals surface area contributed by atoms with E-state index in [1.165, 1.54) is 6.33 Å². The van der Waals surface area contributed by atoms with E-state index in [-0.39, 0.29) is 34.3 Å². The summed E-state index contributed by atoms with van der Waals surface area (Å²) in [6.07, 6.45) is 2.70. The molecule has 0 spiro atoms. The minimum absolute atomic E-state index is 0.0232. The van der Waals surface area contributed by atoms with Crippen LogP contribution in [0.1, 0.15) is 33.8 Å². The van der Waals surface area contributed by atoms with Gasteiger partial charge in [0.2, 0.25) is 13.8 Å². The van der Waals surface area contributed by atoms with E-state index in [0.717, 1.165) is 18.4 Å². The molecule has 0 unspecified atom stereocenters. The number of anilines is 2. The van der Waals surface area contributed by atoms with Gasteiger partial charge >= 0.3 is 0 Å². The van der Waals surface area contributed by atoms with Crippen molar-refractivity contribution >= 4 is 59.7 Å². The number of hydrogen-bond donors (Lipinski definition) is 4. The fourth-order valence-corrected chi connectivity index (χ4v) is 4.37. The quantitative estimate of drug-likeness (QED) is 0.288. The molecule has 188 valence electrons. The summed E-state index contributed by atoms with van der Waals surface area (Å²) in [6, 6.07) is 12.3. The number of aromatic nitrogens is 4. The molecule has 0 aliphatic carbocycles. The summed E-state index contributed by atoms with van der Waals surface area (Å²) < 4.78 is 6.01. The number of rotatable bonds is 6. The van der Waals surface area contributed by atoms with Crippen LogP contribution in [0.15, 0.2) is 48.8 Å². The Bertz CT molecular complexity index is 1450. The number of carbonyl (C=O) groups is 3. The number of halogens is 1. The molecule has 3 amide bonds. The Morgan fingerprint density at radius 3 is 2.59 bits per heavy atom. The lowest BCUT2D eigenvalue weighted by Crippen LogP contribution is -2.41. The maximum atomic E-state index is 12.9. The molecule has 0 saturated carbocycles. The maximum Gasteiger partial charge on any atom is 0.279 e. The zero-order valence-electron chi connectivity index (χ0n) is 19.9. The Morgan fingerprint density at radius 1 is 1.08 bits per heavy atom. The van der Waals surface area contributed by atoms with E-state index in [4.69, 9.17) is 16.3 Å². The van der Waals surface area contributed by atoms with Crippen molar-refractivity contribution in [2.45, 2.75) is 18.9 Å². The molecule has 4 N–H and O–H groups in total. The molecule has 2 aromatic heterocycles. The van der Waals surface area contributed by atoms with Gasteiger partial charge in [0, 0.05) is 32.0 Å². The number of likely N-dealkylation sites (tertiary alicyclic amines) is 1. The maximum absolute atomic E-state index is 12.9. The second-order valence-corrected chi connectivity index (χ2v) is 9.01. The molecule has 3 heterocycles. The highest BCUT2D eigenvalue weighted by Crippen LogP contribution is 2.29. The van der Waals surface area contributed by atoms with Crippen LogP contribution in [0.3, 0.4) is 0 Å². The van der Waals surface area contributed by atoms with E-state index in [1.807, 2.05) is 24.3 Å². The molecule has 13 heteroatoms. The minimum atomic E-state index is -0.601. The van der Waals surface area contributed by atoms with Gasteiger partial charge in [-0.3, -0.25) is 19.7 Å². The Morgan fingerprint density at radius 2 is 1.86 bits per heavy atom. The second kappa shape index (κ2) is 10.4. The van der Waals surface area contributed by atoms with Crippen molar-refractivity contribution in [1.82, 2.24) is 24.8 Å². The summed E-state index contributed by atoms with van der Waals surface area (Å²) in [5, 5.41) is 5.60. The van der Waals surface area contributed by atoms with Crippen LogP contribution in [0.25, 0.3) is 11.0 Å². The molecule has 5 rings (SSSR count). The fraction of sp³-hybridized carbons (Fsp3) is 0.208. The number of ether oxygens (including phenoxy) is 1. The van der Waals surface area contributed by atoms with Gasteiger partial charge in [-0.25, -0.2) is 9.97 Å². The number of imidazole rings is 2. The van der Waals surface area contributed by atoms with Crippen LogP contribution < -0.4 is 15.4 Å². The van der Waals surface area contributed by atoms with Crippen LogP contribution in [-0.2, 0) is 0 Å². The van der Waals surface area contributed by atoms with Crippen LogP contribution in [-0.4, -0.2) is 69.5 Å². The monoisotopic (exact) mass is 519 g/mol. The smallest absolute Gasteiger partial charge is 0.279 e. The van der Waals surface area contributed by atoms with Gasteiger partial charge in [0.25, 0.3) is 11.8 Å². The van der Waals surface area contributed by atoms with Gasteiger partial charge < -0.3 is 24.9 Å². The summed E-state index contributed by atoms with van der Waals surface area (Å²) in [4.78, 5) is 53.0. The van der Waals surface area contributed by atoms with Gasteiger partial charge in [-0.1, -0.05) is 23.7 Å². The lowest BCUT2D eigenvalue weighted by atomic mass is 10.0. The zero-order chi connectivity index (χ0) is 25.9. The SMILES string of the molecule is BC(=O)N1CCC(Oc2ccc(NC(=O)c3[nH]cnc3C(=O)Nc3nc4ccccc4[nH]3)c(Cl)c2)CC1. The average Bonchev–Trinajstić information content (AvgIpc) is 3.53. The van der Waals surface area contributed by atoms with E-state index in [9.17, 15) is 14.4 Å². The highest BCUT2D eigenvalue weighted by molar-refractivity contribution is 6.56. The van der Waals surface area contributed by atoms with Gasteiger partial charge in [-0.05, 0) is 24.3 Å². The number of aromatic amines is 2. The van der Waals surface area contributed by atoms with E-state index in [2.05, 4.69) is 30.6 Å². The molecule has 1 fully saturated rings. The first-order valence-corrected chi connectivity index (χ1v) is 12.1. The molecule has 37 heavy (non-hydrogen) atoms. The molecule has 0 bridgehead atoms. The summed E-state index contributed by atoms with van der Waals surface area (Å²) >= 11 is 6.40. The van der Waals surface area contributed by atoms with E-state index in [1.54, 1.807) is 30.9 Å². The predicted molar refractivity (Wildman–Crippen MR) is 141 cm³/mol. The number of hydrogen-bond acceptors (Lipinski definition) is 6.